The van der Waals surface area contributed by atoms with Crippen molar-refractivity contribution in [2.45, 2.75) is 39.0 Å². The Morgan fingerprint density at radius 1 is 1.39 bits per heavy atom. The van der Waals surface area contributed by atoms with Gasteiger partial charge < -0.3 is 24.5 Å². The van der Waals surface area contributed by atoms with Crippen LogP contribution >= 0.6 is 11.6 Å². The summed E-state index contributed by atoms with van der Waals surface area (Å²) >= 11 is 5.99. The van der Waals surface area contributed by atoms with Gasteiger partial charge in [0.1, 0.15) is 11.6 Å². The molecule has 1 aromatic carbocycles. The summed E-state index contributed by atoms with van der Waals surface area (Å²) in [4.78, 5) is 38.6. The van der Waals surface area contributed by atoms with E-state index >= 15 is 0 Å². The molecule has 3 heterocycles. The molecule has 2 aromatic heterocycles. The van der Waals surface area contributed by atoms with Gasteiger partial charge in [0.15, 0.2) is 6.10 Å². The zero-order chi connectivity index (χ0) is 21.8. The number of hydrogen-bond acceptors (Lipinski definition) is 5. The Balaban J connectivity index is 1.25. The quantitative estimate of drug-likeness (QED) is 0.580. The number of carbonyl (C=O) groups is 2. The van der Waals surface area contributed by atoms with E-state index in [9.17, 15) is 9.59 Å². The number of amides is 2. The van der Waals surface area contributed by atoms with Crippen molar-refractivity contribution in [3.05, 3.63) is 47.3 Å². The lowest BCUT2D eigenvalue weighted by atomic mass is 10.2. The topological polar surface area (TPSA) is 105 Å². The second-order valence-electron chi connectivity index (χ2n) is 7.53. The summed E-state index contributed by atoms with van der Waals surface area (Å²) in [5.74, 6) is 1.34. The maximum atomic E-state index is 12.6. The van der Waals surface area contributed by atoms with Crippen LogP contribution in [-0.2, 0) is 27.4 Å². The summed E-state index contributed by atoms with van der Waals surface area (Å²) in [6.07, 6.45) is 4.12. The van der Waals surface area contributed by atoms with Crippen LogP contribution in [0.3, 0.4) is 0 Å². The Bertz CT molecular complexity index is 1080. The molecular weight excluding hydrogens is 420 g/mol. The van der Waals surface area contributed by atoms with Crippen molar-refractivity contribution in [3.8, 4) is 0 Å². The van der Waals surface area contributed by atoms with Gasteiger partial charge in [-0.2, -0.15) is 0 Å². The molecule has 0 bridgehead atoms. The molecular formula is C21H25ClN6O3. The summed E-state index contributed by atoms with van der Waals surface area (Å²) in [6.45, 7) is 4.01. The third kappa shape index (κ3) is 5.23. The highest BCUT2D eigenvalue weighted by molar-refractivity contribution is 6.31. The number of morpholine rings is 1. The van der Waals surface area contributed by atoms with E-state index in [1.54, 1.807) is 23.2 Å². The predicted molar refractivity (Wildman–Crippen MR) is 115 cm³/mol. The van der Waals surface area contributed by atoms with E-state index in [0.29, 0.717) is 30.4 Å². The summed E-state index contributed by atoms with van der Waals surface area (Å²) < 4.78 is 7.62. The molecule has 3 aromatic rings. The van der Waals surface area contributed by atoms with Crippen molar-refractivity contribution in [2.24, 2.45) is 0 Å². The summed E-state index contributed by atoms with van der Waals surface area (Å²) in [7, 11) is 0. The van der Waals surface area contributed by atoms with E-state index in [4.69, 9.17) is 16.3 Å². The van der Waals surface area contributed by atoms with Gasteiger partial charge in [0.25, 0.3) is 5.91 Å². The second kappa shape index (κ2) is 9.49. The average molecular weight is 445 g/mol. The van der Waals surface area contributed by atoms with Crippen LogP contribution in [0.2, 0.25) is 5.02 Å². The SMILES string of the molecule is Cc1nccn1CCCC(=O)N1CCOC(C(=O)NCc2nc3ccc(Cl)cc3[nH]2)C1. The van der Waals surface area contributed by atoms with Gasteiger partial charge in [-0.15, -0.1) is 0 Å². The number of nitrogens with one attached hydrogen (secondary N) is 2. The highest BCUT2D eigenvalue weighted by Crippen LogP contribution is 2.17. The number of H-pyrrole nitrogens is 1. The van der Waals surface area contributed by atoms with Crippen molar-refractivity contribution in [1.82, 2.24) is 29.7 Å². The summed E-state index contributed by atoms with van der Waals surface area (Å²) in [5, 5.41) is 3.45. The van der Waals surface area contributed by atoms with Gasteiger partial charge in [0, 0.05) is 36.9 Å². The molecule has 164 valence electrons. The molecule has 2 N–H and O–H groups in total. The number of fused-ring (bicyclic) bond motifs is 1. The van der Waals surface area contributed by atoms with Crippen LogP contribution in [0, 0.1) is 6.92 Å². The number of carbonyl (C=O) groups excluding carboxylic acids is 2. The largest absolute Gasteiger partial charge is 0.365 e. The summed E-state index contributed by atoms with van der Waals surface area (Å²) in [6, 6.07) is 5.38. The van der Waals surface area contributed by atoms with Crippen LogP contribution in [0.4, 0.5) is 0 Å². The van der Waals surface area contributed by atoms with E-state index in [2.05, 4.69) is 20.3 Å². The minimum atomic E-state index is -0.688. The number of aromatic nitrogens is 4. The lowest BCUT2D eigenvalue weighted by molar-refractivity contribution is -0.147. The highest BCUT2D eigenvalue weighted by Gasteiger charge is 2.29. The van der Waals surface area contributed by atoms with Crippen LogP contribution in [0.15, 0.2) is 30.6 Å². The molecule has 9 nitrogen and oxygen atoms in total. The monoisotopic (exact) mass is 444 g/mol. The van der Waals surface area contributed by atoms with Gasteiger partial charge in [0.2, 0.25) is 5.91 Å². The number of aromatic amines is 1. The Hall–Kier alpha value is -2.91. The third-order valence-electron chi connectivity index (χ3n) is 5.35. The van der Waals surface area contributed by atoms with Gasteiger partial charge in [0.05, 0.1) is 30.7 Å². The lowest BCUT2D eigenvalue weighted by Gasteiger charge is -2.32. The molecule has 31 heavy (non-hydrogen) atoms. The molecule has 0 radical (unpaired) electrons. The first-order valence-electron chi connectivity index (χ1n) is 10.3. The molecule has 2 amide bonds. The fourth-order valence-corrected chi connectivity index (χ4v) is 3.81. The van der Waals surface area contributed by atoms with Gasteiger partial charge >= 0.3 is 0 Å². The molecule has 1 aliphatic rings. The van der Waals surface area contributed by atoms with E-state index in [0.717, 1.165) is 29.8 Å². The van der Waals surface area contributed by atoms with Crippen LogP contribution in [0.1, 0.15) is 24.5 Å². The van der Waals surface area contributed by atoms with E-state index in [-0.39, 0.29) is 24.9 Å². The number of hydrogen-bond donors (Lipinski definition) is 2. The maximum absolute atomic E-state index is 12.6. The van der Waals surface area contributed by atoms with E-state index in [1.165, 1.54) is 0 Å². The zero-order valence-electron chi connectivity index (χ0n) is 17.3. The third-order valence-corrected chi connectivity index (χ3v) is 5.58. The first-order valence-corrected chi connectivity index (χ1v) is 10.7. The zero-order valence-corrected chi connectivity index (χ0v) is 18.1. The first kappa shape index (κ1) is 21.3. The summed E-state index contributed by atoms with van der Waals surface area (Å²) in [5.41, 5.74) is 1.60. The molecule has 4 rings (SSSR count). The minimum Gasteiger partial charge on any atom is -0.365 e. The van der Waals surface area contributed by atoms with Crippen LogP contribution in [0.5, 0.6) is 0 Å². The van der Waals surface area contributed by atoms with Gasteiger partial charge in [-0.3, -0.25) is 9.59 Å². The normalized spacial score (nSPS) is 16.6. The van der Waals surface area contributed by atoms with Gasteiger partial charge in [-0.25, -0.2) is 9.97 Å². The molecule has 1 atom stereocenters. The Kier molecular flexibility index (Phi) is 6.53. The van der Waals surface area contributed by atoms with Gasteiger partial charge in [-0.1, -0.05) is 11.6 Å². The van der Waals surface area contributed by atoms with Crippen LogP contribution in [-0.4, -0.2) is 62.0 Å². The molecule has 0 spiro atoms. The number of nitrogens with zero attached hydrogens (tertiary/aromatic N) is 4. The standard InChI is InChI=1S/C21H25ClN6O3/c1-14-23-6-8-27(14)7-2-3-20(29)28-9-10-31-18(13-28)21(30)24-12-19-25-16-5-4-15(22)11-17(16)26-19/h4-6,8,11,18H,2-3,7,9-10,12-13H2,1H3,(H,24,30)(H,25,26). The number of halogens is 1. The minimum absolute atomic E-state index is 0.0352. The number of rotatable bonds is 7. The maximum Gasteiger partial charge on any atom is 0.251 e. The highest BCUT2D eigenvalue weighted by atomic mass is 35.5. The van der Waals surface area contributed by atoms with Crippen molar-refractivity contribution in [2.75, 3.05) is 19.7 Å². The smallest absolute Gasteiger partial charge is 0.251 e. The molecule has 1 unspecified atom stereocenters. The number of benzene rings is 1. The molecule has 0 saturated carbocycles. The van der Waals surface area contributed by atoms with Crippen LogP contribution < -0.4 is 5.32 Å². The number of imidazole rings is 2. The number of ether oxygens (including phenoxy) is 1. The Morgan fingerprint density at radius 3 is 3.06 bits per heavy atom. The molecule has 0 aliphatic carbocycles. The van der Waals surface area contributed by atoms with E-state index in [1.807, 2.05) is 23.8 Å². The average Bonchev–Trinajstić information content (AvgIpc) is 3.37. The molecule has 1 aliphatic heterocycles. The fraction of sp³-hybridized carbons (Fsp3) is 0.429. The Labute approximate surface area is 184 Å². The Morgan fingerprint density at radius 2 is 2.26 bits per heavy atom. The molecule has 1 saturated heterocycles. The molecule has 1 fully saturated rings. The van der Waals surface area contributed by atoms with Crippen molar-refractivity contribution >= 4 is 34.4 Å². The van der Waals surface area contributed by atoms with E-state index < -0.39 is 6.10 Å². The fourth-order valence-electron chi connectivity index (χ4n) is 3.64. The lowest BCUT2D eigenvalue weighted by Crippen LogP contribution is -2.51. The van der Waals surface area contributed by atoms with Crippen LogP contribution in [0.25, 0.3) is 11.0 Å². The van der Waals surface area contributed by atoms with Gasteiger partial charge in [-0.05, 0) is 31.5 Å². The van der Waals surface area contributed by atoms with Crippen molar-refractivity contribution < 1.29 is 14.3 Å². The first-order chi connectivity index (χ1) is 15.0. The van der Waals surface area contributed by atoms with Crippen molar-refractivity contribution in [1.29, 1.82) is 0 Å². The predicted octanol–water partition coefficient (Wildman–Crippen LogP) is 2.05. The van der Waals surface area contributed by atoms with Crippen molar-refractivity contribution in [3.63, 3.8) is 0 Å². The second-order valence-corrected chi connectivity index (χ2v) is 7.97. The number of aryl methyl sites for hydroxylation is 2. The molecule has 10 heteroatoms.